The van der Waals surface area contributed by atoms with Gasteiger partial charge in [0.25, 0.3) is 0 Å². The van der Waals surface area contributed by atoms with Crippen molar-refractivity contribution in [1.29, 1.82) is 0 Å². The van der Waals surface area contributed by atoms with Crippen LogP contribution in [0, 0.1) is 0 Å². The third kappa shape index (κ3) is 7.52. The average molecular weight is 595 g/mol. The summed E-state index contributed by atoms with van der Waals surface area (Å²) in [7, 11) is 0. The molecule has 232 valence electrons. The molecule has 1 heterocycles. The van der Waals surface area contributed by atoms with Crippen LogP contribution in [0.5, 0.6) is 0 Å². The number of anilines is 1. The molecule has 0 unspecified atom stereocenters. The van der Waals surface area contributed by atoms with Crippen LogP contribution >= 0.6 is 0 Å². The van der Waals surface area contributed by atoms with Crippen molar-refractivity contribution in [1.82, 2.24) is 4.98 Å². The lowest BCUT2D eigenvalue weighted by Gasteiger charge is -2.30. The average Bonchev–Trinajstić information content (AvgIpc) is 3.09. The quantitative estimate of drug-likeness (QED) is 0.101. The number of aromatic nitrogens is 1. The zero-order valence-electron chi connectivity index (χ0n) is 28.8. The number of rotatable bonds is 8. The number of allylic oxidation sites excluding steroid dienone is 6. The number of fused-ring (bicyclic) bond motifs is 4. The first-order valence-electron chi connectivity index (χ1n) is 16.4. The Balaban J connectivity index is 0.00000133. The maximum absolute atomic E-state index is 5.13. The first kappa shape index (κ1) is 34.8. The predicted octanol–water partition coefficient (Wildman–Crippen LogP) is 13.4. The molecule has 0 N–H and O–H groups in total. The molecule has 0 aliphatic carbocycles. The molecule has 2 heteroatoms. The molecular weight excluding hydrogens is 544 g/mol. The Labute approximate surface area is 271 Å². The van der Waals surface area contributed by atoms with Crippen LogP contribution in [0.2, 0.25) is 0 Å². The van der Waals surface area contributed by atoms with Crippen molar-refractivity contribution in [3.05, 3.63) is 144 Å². The zero-order chi connectivity index (χ0) is 32.9. The summed E-state index contributed by atoms with van der Waals surface area (Å²) in [4.78, 5) is 7.41. The first-order valence-corrected chi connectivity index (χ1v) is 16.4. The van der Waals surface area contributed by atoms with Gasteiger partial charge in [0.05, 0.1) is 11.0 Å². The van der Waals surface area contributed by atoms with E-state index in [9.17, 15) is 0 Å². The van der Waals surface area contributed by atoms with Gasteiger partial charge in [0, 0.05) is 38.8 Å². The van der Waals surface area contributed by atoms with E-state index < -0.39 is 0 Å². The highest BCUT2D eigenvalue weighted by atomic mass is 15.2. The summed E-state index contributed by atoms with van der Waals surface area (Å²) in [6, 6.07) is 30.3. The number of pyridine rings is 1. The molecule has 0 saturated carbocycles. The highest BCUT2D eigenvalue weighted by Gasteiger charge is 2.19. The standard InChI is InChI=1S/C39H38N2.2C2H6/c1-7-14-29(15-8-2)28(6)41(37(16-9-3)27(4)5)32-24-21-31(22-25-32)38-34-19-12-13-20-36(34)40-39-33-18-11-10-17-30(33)23-26-35(38)39;2*1-2/h7,9-26H,6,8H2,1-5H3;2*1-2H3/b14-7-,16-9-,29-15+;;. The second kappa shape index (κ2) is 17.0. The van der Waals surface area contributed by atoms with E-state index in [-0.39, 0.29) is 0 Å². The normalized spacial score (nSPS) is 11.4. The second-order valence-corrected chi connectivity index (χ2v) is 10.5. The molecule has 5 aromatic rings. The van der Waals surface area contributed by atoms with Gasteiger partial charge < -0.3 is 4.90 Å². The number of para-hydroxylation sites is 1. The molecule has 1 aromatic heterocycles. The summed E-state index contributed by atoms with van der Waals surface area (Å²) >= 11 is 0. The summed E-state index contributed by atoms with van der Waals surface area (Å²) < 4.78 is 0. The summed E-state index contributed by atoms with van der Waals surface area (Å²) in [6.07, 6.45) is 11.7. The van der Waals surface area contributed by atoms with Gasteiger partial charge in [-0.15, -0.1) is 0 Å². The van der Waals surface area contributed by atoms with Gasteiger partial charge in [0.2, 0.25) is 0 Å². The maximum Gasteiger partial charge on any atom is 0.0794 e. The van der Waals surface area contributed by atoms with Crippen LogP contribution in [0.3, 0.4) is 0 Å². The van der Waals surface area contributed by atoms with Gasteiger partial charge >= 0.3 is 0 Å². The highest BCUT2D eigenvalue weighted by Crippen LogP contribution is 2.39. The summed E-state index contributed by atoms with van der Waals surface area (Å²) in [6.45, 7) is 23.2. The molecule has 5 rings (SSSR count). The molecule has 0 aliphatic rings. The molecule has 0 fully saturated rings. The van der Waals surface area contributed by atoms with E-state index in [0.29, 0.717) is 0 Å². The van der Waals surface area contributed by atoms with Crippen LogP contribution in [0.4, 0.5) is 5.69 Å². The Kier molecular flexibility index (Phi) is 13.1. The Morgan fingerprint density at radius 1 is 0.733 bits per heavy atom. The number of hydrogen-bond donors (Lipinski definition) is 0. The minimum Gasteiger partial charge on any atom is -0.311 e. The van der Waals surface area contributed by atoms with Crippen LogP contribution in [-0.4, -0.2) is 4.98 Å². The second-order valence-electron chi connectivity index (χ2n) is 10.5. The summed E-state index contributed by atoms with van der Waals surface area (Å²) in [5, 5.41) is 4.70. The van der Waals surface area contributed by atoms with E-state index >= 15 is 0 Å². The molecular formula is C43H50N2. The lowest BCUT2D eigenvalue weighted by atomic mass is 9.94. The van der Waals surface area contributed by atoms with Crippen LogP contribution < -0.4 is 4.90 Å². The Morgan fingerprint density at radius 3 is 1.98 bits per heavy atom. The van der Waals surface area contributed by atoms with Crippen molar-refractivity contribution in [2.24, 2.45) is 0 Å². The van der Waals surface area contributed by atoms with Crippen LogP contribution in [0.1, 0.15) is 68.7 Å². The molecule has 0 atom stereocenters. The Hall–Kier alpha value is -4.69. The molecule has 0 aliphatic heterocycles. The van der Waals surface area contributed by atoms with E-state index in [1.54, 1.807) is 0 Å². The molecule has 0 bridgehead atoms. The topological polar surface area (TPSA) is 16.1 Å². The van der Waals surface area contributed by atoms with Gasteiger partial charge in [0.15, 0.2) is 0 Å². The fourth-order valence-electron chi connectivity index (χ4n) is 5.59. The van der Waals surface area contributed by atoms with Crippen LogP contribution in [0.15, 0.2) is 144 Å². The van der Waals surface area contributed by atoms with Crippen LogP contribution in [0.25, 0.3) is 43.7 Å². The molecule has 0 saturated heterocycles. The van der Waals surface area contributed by atoms with Gasteiger partial charge in [-0.3, -0.25) is 0 Å². The molecule has 4 aromatic carbocycles. The smallest absolute Gasteiger partial charge is 0.0794 e. The molecule has 0 amide bonds. The Morgan fingerprint density at radius 2 is 1.36 bits per heavy atom. The summed E-state index contributed by atoms with van der Waals surface area (Å²) in [5.74, 6) is 0. The number of nitrogens with zero attached hydrogens (tertiary/aromatic N) is 2. The minimum atomic E-state index is 0.941. The van der Waals surface area contributed by atoms with E-state index in [0.717, 1.165) is 50.9 Å². The monoisotopic (exact) mass is 594 g/mol. The van der Waals surface area contributed by atoms with E-state index in [1.807, 2.05) is 27.7 Å². The lowest BCUT2D eigenvalue weighted by Crippen LogP contribution is -2.22. The van der Waals surface area contributed by atoms with Gasteiger partial charge in [-0.2, -0.15) is 0 Å². The fraction of sp³-hybridized carbons (Fsp3) is 0.233. The molecule has 45 heavy (non-hydrogen) atoms. The van der Waals surface area contributed by atoms with Crippen molar-refractivity contribution in [2.45, 2.75) is 68.7 Å². The van der Waals surface area contributed by atoms with Gasteiger partial charge in [-0.1, -0.05) is 138 Å². The SMILES string of the molecule is C=C(C(/C=C\C)=C/CC)N(C(/C=C\C)=C(C)C)c1ccc(-c2c3ccccc3nc3c2ccc2ccccc23)cc1.CC.CC. The molecule has 0 radical (unpaired) electrons. The van der Waals surface area contributed by atoms with Crippen molar-refractivity contribution < 1.29 is 0 Å². The van der Waals surface area contributed by atoms with E-state index in [4.69, 9.17) is 4.98 Å². The van der Waals surface area contributed by atoms with E-state index in [1.165, 1.54) is 27.5 Å². The molecule has 0 spiro atoms. The van der Waals surface area contributed by atoms with E-state index in [2.05, 4.69) is 161 Å². The third-order valence-corrected chi connectivity index (χ3v) is 7.44. The van der Waals surface area contributed by atoms with Crippen molar-refractivity contribution >= 4 is 38.3 Å². The zero-order valence-corrected chi connectivity index (χ0v) is 28.8. The van der Waals surface area contributed by atoms with Crippen molar-refractivity contribution in [3.8, 4) is 11.1 Å². The fourth-order valence-corrected chi connectivity index (χ4v) is 5.59. The number of hydrogen-bond acceptors (Lipinski definition) is 2. The molecule has 2 nitrogen and oxygen atoms in total. The van der Waals surface area contributed by atoms with Gasteiger partial charge in [-0.05, 0) is 74.9 Å². The maximum atomic E-state index is 5.13. The third-order valence-electron chi connectivity index (χ3n) is 7.44. The highest BCUT2D eigenvalue weighted by molar-refractivity contribution is 6.16. The van der Waals surface area contributed by atoms with Gasteiger partial charge in [0.1, 0.15) is 0 Å². The Bertz CT molecular complexity index is 1860. The van der Waals surface area contributed by atoms with Crippen LogP contribution in [-0.2, 0) is 0 Å². The first-order chi connectivity index (χ1) is 22.0. The minimum absolute atomic E-state index is 0.941. The lowest BCUT2D eigenvalue weighted by molar-refractivity contribution is 1.08. The largest absolute Gasteiger partial charge is 0.311 e. The van der Waals surface area contributed by atoms with Crippen molar-refractivity contribution in [3.63, 3.8) is 0 Å². The summed E-state index contributed by atoms with van der Waals surface area (Å²) in [5.41, 5.74) is 9.94. The predicted molar refractivity (Wildman–Crippen MR) is 203 cm³/mol. The number of benzene rings is 4. The van der Waals surface area contributed by atoms with Crippen molar-refractivity contribution in [2.75, 3.05) is 4.90 Å². The van der Waals surface area contributed by atoms with Gasteiger partial charge in [-0.25, -0.2) is 4.98 Å².